The number of halogens is 4. The third kappa shape index (κ3) is 6.66. The van der Waals surface area contributed by atoms with Gasteiger partial charge in [0.15, 0.2) is 0 Å². The van der Waals surface area contributed by atoms with Crippen molar-refractivity contribution in [1.82, 2.24) is 14.5 Å². The zero-order valence-electron chi connectivity index (χ0n) is 22.2. The summed E-state index contributed by atoms with van der Waals surface area (Å²) in [7, 11) is 5.06. The number of benzene rings is 3. The van der Waals surface area contributed by atoms with E-state index in [1.54, 1.807) is 22.8 Å². The number of rotatable bonds is 8. The molecule has 10 nitrogen and oxygen atoms in total. The molecular formula is C27H26F4N6O4. The third-order valence-corrected chi connectivity index (χ3v) is 5.96. The van der Waals surface area contributed by atoms with Crippen molar-refractivity contribution in [1.29, 1.82) is 0 Å². The second-order valence-corrected chi connectivity index (χ2v) is 9.09. The Morgan fingerprint density at radius 3 is 2.32 bits per heavy atom. The normalized spacial score (nSPS) is 11.5. The number of primary amides is 1. The first-order valence-electron chi connectivity index (χ1n) is 12.1. The average Bonchev–Trinajstić information content (AvgIpc) is 3.24. The van der Waals surface area contributed by atoms with Crippen molar-refractivity contribution in [2.75, 3.05) is 38.0 Å². The van der Waals surface area contributed by atoms with E-state index in [4.69, 9.17) is 10.5 Å². The maximum Gasteiger partial charge on any atom is 0.416 e. The molecular weight excluding hydrogens is 548 g/mol. The van der Waals surface area contributed by atoms with Crippen molar-refractivity contribution in [3.05, 3.63) is 72.0 Å². The molecule has 4 rings (SSSR count). The molecule has 0 radical (unpaired) electrons. The van der Waals surface area contributed by atoms with Gasteiger partial charge in [-0.15, -0.1) is 0 Å². The number of alkyl halides is 3. The molecule has 216 valence electrons. The molecule has 0 aliphatic rings. The Bertz CT molecular complexity index is 1570. The van der Waals surface area contributed by atoms with Gasteiger partial charge in [-0.2, -0.15) is 13.2 Å². The largest absolute Gasteiger partial charge is 0.457 e. The number of likely N-dealkylation sites (N-methyl/N-ethyl adjacent to an activating group) is 1. The standard InChI is InChI=1S/C27H26F4N6O4/c1-35(2)12-13-36-23-15-19(9-11-21(23)33-25(36)34-26(39)40-3)41-18-7-5-17(6-8-18)37(24(32)38)22-14-16(27(29,30)31)4-10-20(22)28/h4-11,14-15H,12-13H2,1-3H3,(H2,32,38)(H,33,34,39). The van der Waals surface area contributed by atoms with Crippen LogP contribution in [0.3, 0.4) is 0 Å². The summed E-state index contributed by atoms with van der Waals surface area (Å²) in [5.41, 5.74) is 4.92. The van der Waals surface area contributed by atoms with Crippen molar-refractivity contribution in [2.45, 2.75) is 12.7 Å². The summed E-state index contributed by atoms with van der Waals surface area (Å²) in [6, 6.07) is 11.3. The van der Waals surface area contributed by atoms with Gasteiger partial charge in [-0.05, 0) is 68.7 Å². The highest BCUT2D eigenvalue weighted by Crippen LogP contribution is 2.36. The third-order valence-electron chi connectivity index (χ3n) is 5.96. The monoisotopic (exact) mass is 574 g/mol. The number of methoxy groups -OCH3 is 1. The number of ether oxygens (including phenoxy) is 2. The molecule has 3 N–H and O–H groups in total. The number of aromatic nitrogens is 2. The van der Waals surface area contributed by atoms with Crippen LogP contribution >= 0.6 is 0 Å². The van der Waals surface area contributed by atoms with E-state index < -0.39 is 35.4 Å². The molecule has 0 unspecified atom stereocenters. The van der Waals surface area contributed by atoms with Crippen LogP contribution in [0.1, 0.15) is 5.56 Å². The van der Waals surface area contributed by atoms with Gasteiger partial charge >= 0.3 is 18.3 Å². The first-order chi connectivity index (χ1) is 19.4. The lowest BCUT2D eigenvalue weighted by molar-refractivity contribution is -0.137. The fourth-order valence-electron chi connectivity index (χ4n) is 3.97. The number of nitrogens with one attached hydrogen (secondary N) is 1. The van der Waals surface area contributed by atoms with E-state index in [2.05, 4.69) is 15.0 Å². The van der Waals surface area contributed by atoms with Crippen LogP contribution in [0, 0.1) is 5.82 Å². The van der Waals surface area contributed by atoms with Crippen molar-refractivity contribution in [3.8, 4) is 11.5 Å². The van der Waals surface area contributed by atoms with E-state index in [0.717, 1.165) is 0 Å². The number of carbonyl (C=O) groups excluding carboxylic acids is 2. The molecule has 4 aromatic rings. The summed E-state index contributed by atoms with van der Waals surface area (Å²) >= 11 is 0. The van der Waals surface area contributed by atoms with E-state index in [1.807, 2.05) is 19.0 Å². The van der Waals surface area contributed by atoms with Gasteiger partial charge in [0.05, 0.1) is 35.1 Å². The van der Waals surface area contributed by atoms with Gasteiger partial charge in [0, 0.05) is 19.2 Å². The number of urea groups is 1. The topological polar surface area (TPSA) is 115 Å². The van der Waals surface area contributed by atoms with Gasteiger partial charge in [-0.25, -0.2) is 19.0 Å². The Kier molecular flexibility index (Phi) is 8.33. The van der Waals surface area contributed by atoms with Crippen molar-refractivity contribution in [2.24, 2.45) is 5.73 Å². The zero-order chi connectivity index (χ0) is 29.9. The zero-order valence-corrected chi connectivity index (χ0v) is 22.2. The molecule has 14 heteroatoms. The van der Waals surface area contributed by atoms with E-state index in [1.165, 1.54) is 31.4 Å². The Balaban J connectivity index is 1.62. The van der Waals surface area contributed by atoms with Gasteiger partial charge in [-0.1, -0.05) is 0 Å². The van der Waals surface area contributed by atoms with Gasteiger partial charge in [0.25, 0.3) is 0 Å². The molecule has 0 saturated heterocycles. The molecule has 0 aliphatic carbocycles. The fraction of sp³-hybridized carbons (Fsp3) is 0.222. The number of fused-ring (bicyclic) bond motifs is 1. The fourth-order valence-corrected chi connectivity index (χ4v) is 3.97. The molecule has 0 aliphatic heterocycles. The molecule has 0 spiro atoms. The number of hydrogen-bond donors (Lipinski definition) is 2. The summed E-state index contributed by atoms with van der Waals surface area (Å²) in [5.74, 6) is -0.0354. The summed E-state index contributed by atoms with van der Waals surface area (Å²) in [5, 5.41) is 2.60. The number of hydrogen-bond acceptors (Lipinski definition) is 6. The van der Waals surface area contributed by atoms with Gasteiger partial charge in [0.2, 0.25) is 5.95 Å². The highest BCUT2D eigenvalue weighted by atomic mass is 19.4. The average molecular weight is 575 g/mol. The highest BCUT2D eigenvalue weighted by Gasteiger charge is 2.32. The maximum atomic E-state index is 14.5. The van der Waals surface area contributed by atoms with Crippen molar-refractivity contribution >= 4 is 40.5 Å². The van der Waals surface area contributed by atoms with E-state index in [9.17, 15) is 27.2 Å². The van der Waals surface area contributed by atoms with Crippen LogP contribution in [0.25, 0.3) is 11.0 Å². The van der Waals surface area contributed by atoms with Crippen LogP contribution in [-0.4, -0.2) is 54.3 Å². The summed E-state index contributed by atoms with van der Waals surface area (Å²) < 4.78 is 66.5. The Morgan fingerprint density at radius 2 is 1.71 bits per heavy atom. The molecule has 41 heavy (non-hydrogen) atoms. The predicted molar refractivity (Wildman–Crippen MR) is 144 cm³/mol. The number of nitrogens with two attached hydrogens (primary N) is 1. The van der Waals surface area contributed by atoms with Gasteiger partial charge < -0.3 is 24.7 Å². The SMILES string of the molecule is COC(=O)Nc1nc2ccc(Oc3ccc(N(C(N)=O)c4cc(C(F)(F)F)ccc4F)cc3)cc2n1CCN(C)C. The molecule has 0 bridgehead atoms. The van der Waals surface area contributed by atoms with Crippen LogP contribution in [-0.2, 0) is 17.5 Å². The summed E-state index contributed by atoms with van der Waals surface area (Å²) in [6.07, 6.45) is -5.42. The second-order valence-electron chi connectivity index (χ2n) is 9.09. The number of amides is 3. The van der Waals surface area contributed by atoms with E-state index in [-0.39, 0.29) is 5.69 Å². The highest BCUT2D eigenvalue weighted by molar-refractivity contribution is 5.98. The number of anilines is 3. The molecule has 3 aromatic carbocycles. The molecule has 0 atom stereocenters. The minimum Gasteiger partial charge on any atom is -0.457 e. The first kappa shape index (κ1) is 29.1. The molecule has 0 fully saturated rings. The number of imidazole rings is 1. The molecule has 1 heterocycles. The van der Waals surface area contributed by atoms with Crippen LogP contribution in [0.4, 0.5) is 44.5 Å². The smallest absolute Gasteiger partial charge is 0.416 e. The Hall–Kier alpha value is -4.85. The Labute approximate surface area is 231 Å². The van der Waals surface area contributed by atoms with Crippen LogP contribution < -0.4 is 20.7 Å². The quantitative estimate of drug-likeness (QED) is 0.252. The molecule has 0 saturated carbocycles. The lowest BCUT2D eigenvalue weighted by atomic mass is 10.1. The van der Waals surface area contributed by atoms with E-state index in [0.29, 0.717) is 64.7 Å². The van der Waals surface area contributed by atoms with Crippen LogP contribution in [0.5, 0.6) is 11.5 Å². The lowest BCUT2D eigenvalue weighted by Crippen LogP contribution is -2.32. The first-order valence-corrected chi connectivity index (χ1v) is 12.1. The van der Waals surface area contributed by atoms with Gasteiger partial charge in [-0.3, -0.25) is 10.2 Å². The molecule has 1 aromatic heterocycles. The minimum atomic E-state index is -4.75. The van der Waals surface area contributed by atoms with Crippen molar-refractivity contribution < 1.29 is 36.6 Å². The van der Waals surface area contributed by atoms with Crippen molar-refractivity contribution in [3.63, 3.8) is 0 Å². The van der Waals surface area contributed by atoms with Gasteiger partial charge in [0.1, 0.15) is 17.3 Å². The summed E-state index contributed by atoms with van der Waals surface area (Å²) in [6.45, 7) is 1.15. The second kappa shape index (κ2) is 11.7. The molecule has 3 amide bonds. The summed E-state index contributed by atoms with van der Waals surface area (Å²) in [4.78, 5) is 31.0. The number of nitrogens with zero attached hydrogens (tertiary/aromatic N) is 4. The number of carbonyl (C=O) groups is 2. The minimum absolute atomic E-state index is 0.0267. The van der Waals surface area contributed by atoms with E-state index >= 15 is 0 Å². The lowest BCUT2D eigenvalue weighted by Gasteiger charge is -2.22. The van der Waals surface area contributed by atoms with Crippen LogP contribution in [0.15, 0.2) is 60.7 Å². The Morgan fingerprint density at radius 1 is 1.02 bits per heavy atom. The maximum absolute atomic E-state index is 14.5. The van der Waals surface area contributed by atoms with Crippen LogP contribution in [0.2, 0.25) is 0 Å². The predicted octanol–water partition coefficient (Wildman–Crippen LogP) is 5.94.